The Hall–Kier alpha value is -4.08. The Bertz CT molecular complexity index is 1320. The van der Waals surface area contributed by atoms with Crippen molar-refractivity contribution in [3.05, 3.63) is 77.7 Å². The van der Waals surface area contributed by atoms with Crippen molar-refractivity contribution in [3.8, 4) is 11.5 Å². The molecule has 35 heavy (non-hydrogen) atoms. The van der Waals surface area contributed by atoms with Gasteiger partial charge >= 0.3 is 6.01 Å². The molecule has 0 atom stereocenters. The Morgan fingerprint density at radius 1 is 0.914 bits per heavy atom. The van der Waals surface area contributed by atoms with Crippen molar-refractivity contribution in [2.45, 2.75) is 13.3 Å². The number of nitrogens with zero attached hydrogens (tertiary/aromatic N) is 5. The Kier molecular flexibility index (Phi) is 6.26. The first-order valence-electron chi connectivity index (χ1n) is 11.3. The number of hydrogen-bond acceptors (Lipinski definition) is 7. The lowest BCUT2D eigenvalue weighted by molar-refractivity contribution is 0.508. The van der Waals surface area contributed by atoms with Crippen LogP contribution in [0, 0.1) is 17.5 Å². The smallest absolute Gasteiger partial charge is 0.318 e. The Morgan fingerprint density at radius 2 is 1.71 bits per heavy atom. The molecule has 1 saturated heterocycles. The fourth-order valence-electron chi connectivity index (χ4n) is 3.99. The highest BCUT2D eigenvalue weighted by Crippen LogP contribution is 2.35. The van der Waals surface area contributed by atoms with Crippen LogP contribution >= 0.6 is 0 Å². The summed E-state index contributed by atoms with van der Waals surface area (Å²) in [4.78, 5) is 8.45. The zero-order chi connectivity index (χ0) is 24.4. The summed E-state index contributed by atoms with van der Waals surface area (Å²) < 4.78 is 49.3. The van der Waals surface area contributed by atoms with E-state index in [1.165, 1.54) is 18.2 Å². The molecular formula is C25H23F3N6O. The standard InChI is InChI=1S/C25H23F3N6O/c1-2-16-6-9-20(19(27)15-16)30-23-17(7-8-18(26)22(23)28)24-31-32-25(35-24)34-13-11-33(12-14-34)21-5-3-4-10-29-21/h3-10,15,30H,2,11-14H2,1H3. The van der Waals surface area contributed by atoms with Crippen LogP contribution in [0.15, 0.2) is 59.1 Å². The van der Waals surface area contributed by atoms with E-state index in [1.54, 1.807) is 12.3 Å². The summed E-state index contributed by atoms with van der Waals surface area (Å²) in [7, 11) is 0. The van der Waals surface area contributed by atoms with Crippen molar-refractivity contribution in [3.63, 3.8) is 0 Å². The molecule has 0 unspecified atom stereocenters. The van der Waals surface area contributed by atoms with Gasteiger partial charge in [0.15, 0.2) is 11.6 Å². The molecule has 0 aliphatic carbocycles. The number of pyridine rings is 1. The summed E-state index contributed by atoms with van der Waals surface area (Å²) in [5, 5.41) is 10.8. The molecule has 180 valence electrons. The molecule has 0 amide bonds. The van der Waals surface area contributed by atoms with Crippen LogP contribution in [0.1, 0.15) is 12.5 Å². The molecule has 0 radical (unpaired) electrons. The molecule has 1 fully saturated rings. The van der Waals surface area contributed by atoms with Crippen LogP contribution in [0.2, 0.25) is 0 Å². The van der Waals surface area contributed by atoms with E-state index >= 15 is 0 Å². The van der Waals surface area contributed by atoms with E-state index in [2.05, 4.69) is 25.4 Å². The lowest BCUT2D eigenvalue weighted by Crippen LogP contribution is -2.47. The highest BCUT2D eigenvalue weighted by atomic mass is 19.2. The number of nitrogens with one attached hydrogen (secondary N) is 1. The fourth-order valence-corrected chi connectivity index (χ4v) is 3.99. The summed E-state index contributed by atoms with van der Waals surface area (Å²) >= 11 is 0. The number of rotatable bonds is 6. The number of hydrogen-bond donors (Lipinski definition) is 1. The van der Waals surface area contributed by atoms with Crippen LogP contribution in [0.25, 0.3) is 11.5 Å². The third-order valence-corrected chi connectivity index (χ3v) is 5.96. The van der Waals surface area contributed by atoms with Crippen molar-refractivity contribution in [1.82, 2.24) is 15.2 Å². The second-order valence-electron chi connectivity index (χ2n) is 8.13. The molecule has 1 N–H and O–H groups in total. The maximum Gasteiger partial charge on any atom is 0.318 e. The number of aryl methyl sites for hydroxylation is 1. The van der Waals surface area contributed by atoms with Gasteiger partial charge in [0, 0.05) is 32.4 Å². The van der Waals surface area contributed by atoms with E-state index in [1.807, 2.05) is 30.0 Å². The molecule has 7 nitrogen and oxygen atoms in total. The number of halogens is 3. The van der Waals surface area contributed by atoms with Gasteiger partial charge in [-0.05, 0) is 48.4 Å². The lowest BCUT2D eigenvalue weighted by atomic mass is 10.1. The maximum absolute atomic E-state index is 14.8. The quantitative estimate of drug-likeness (QED) is 0.408. The highest BCUT2D eigenvalue weighted by molar-refractivity contribution is 5.78. The predicted octanol–water partition coefficient (Wildman–Crippen LogP) is 5.18. The molecule has 0 bridgehead atoms. The van der Waals surface area contributed by atoms with Gasteiger partial charge in [-0.1, -0.05) is 24.2 Å². The Labute approximate surface area is 200 Å². The molecule has 10 heteroatoms. The molecule has 0 spiro atoms. The van der Waals surface area contributed by atoms with E-state index in [-0.39, 0.29) is 28.8 Å². The van der Waals surface area contributed by atoms with Gasteiger partial charge in [-0.25, -0.2) is 18.2 Å². The summed E-state index contributed by atoms with van der Waals surface area (Å²) in [5.41, 5.74) is 0.660. The molecule has 4 aromatic rings. The summed E-state index contributed by atoms with van der Waals surface area (Å²) in [6, 6.07) is 12.9. The number of benzene rings is 2. The third-order valence-electron chi connectivity index (χ3n) is 5.96. The van der Waals surface area contributed by atoms with E-state index in [4.69, 9.17) is 4.42 Å². The Morgan fingerprint density at radius 3 is 2.43 bits per heavy atom. The minimum absolute atomic E-state index is 0.000794. The zero-order valence-corrected chi connectivity index (χ0v) is 19.0. The topological polar surface area (TPSA) is 70.3 Å². The largest absolute Gasteiger partial charge is 0.403 e. The van der Waals surface area contributed by atoms with Gasteiger partial charge in [-0.2, -0.15) is 0 Å². The molecule has 1 aliphatic heterocycles. The first kappa shape index (κ1) is 22.7. The molecule has 0 saturated carbocycles. The van der Waals surface area contributed by atoms with Gasteiger partial charge in [0.1, 0.15) is 11.6 Å². The van der Waals surface area contributed by atoms with E-state index in [0.717, 1.165) is 17.4 Å². The second-order valence-corrected chi connectivity index (χ2v) is 8.13. The maximum atomic E-state index is 14.8. The van der Waals surface area contributed by atoms with Crippen molar-refractivity contribution in [2.24, 2.45) is 0 Å². The first-order valence-corrected chi connectivity index (χ1v) is 11.3. The van der Waals surface area contributed by atoms with Crippen molar-refractivity contribution < 1.29 is 17.6 Å². The third kappa shape index (κ3) is 4.64. The normalized spacial score (nSPS) is 13.8. The average molecular weight is 480 g/mol. The van der Waals surface area contributed by atoms with Crippen LogP contribution in [0.4, 0.5) is 36.4 Å². The van der Waals surface area contributed by atoms with Gasteiger partial charge in [-0.3, -0.25) is 0 Å². The summed E-state index contributed by atoms with van der Waals surface area (Å²) in [6.07, 6.45) is 2.40. The summed E-state index contributed by atoms with van der Waals surface area (Å²) in [5.74, 6) is -1.91. The number of piperazine rings is 1. The summed E-state index contributed by atoms with van der Waals surface area (Å²) in [6.45, 7) is 4.56. The van der Waals surface area contributed by atoms with Crippen LogP contribution < -0.4 is 15.1 Å². The number of aromatic nitrogens is 3. The van der Waals surface area contributed by atoms with Crippen molar-refractivity contribution in [2.75, 3.05) is 41.3 Å². The molecule has 5 rings (SSSR count). The average Bonchev–Trinajstić information content (AvgIpc) is 3.38. The lowest BCUT2D eigenvalue weighted by Gasteiger charge is -2.34. The predicted molar refractivity (Wildman–Crippen MR) is 127 cm³/mol. The van der Waals surface area contributed by atoms with Gasteiger partial charge in [-0.15, -0.1) is 5.10 Å². The van der Waals surface area contributed by atoms with Gasteiger partial charge in [0.2, 0.25) is 0 Å². The zero-order valence-electron chi connectivity index (χ0n) is 19.0. The van der Waals surface area contributed by atoms with Gasteiger partial charge in [0.25, 0.3) is 5.89 Å². The van der Waals surface area contributed by atoms with Crippen LogP contribution in [-0.2, 0) is 6.42 Å². The van der Waals surface area contributed by atoms with Crippen LogP contribution in [-0.4, -0.2) is 41.4 Å². The molecule has 2 aromatic carbocycles. The minimum atomic E-state index is -1.16. The van der Waals surface area contributed by atoms with E-state index < -0.39 is 17.5 Å². The van der Waals surface area contributed by atoms with Crippen molar-refractivity contribution in [1.29, 1.82) is 0 Å². The van der Waals surface area contributed by atoms with Crippen LogP contribution in [0.5, 0.6) is 0 Å². The minimum Gasteiger partial charge on any atom is -0.403 e. The highest BCUT2D eigenvalue weighted by Gasteiger charge is 2.25. The van der Waals surface area contributed by atoms with Crippen molar-refractivity contribution >= 4 is 23.2 Å². The SMILES string of the molecule is CCc1ccc(Nc2c(-c3nnc(N4CCN(c5ccccn5)CC4)o3)ccc(F)c2F)c(F)c1. The second kappa shape index (κ2) is 9.65. The van der Waals surface area contributed by atoms with Gasteiger partial charge in [0.05, 0.1) is 16.9 Å². The van der Waals surface area contributed by atoms with E-state index in [9.17, 15) is 13.2 Å². The molecular weight excluding hydrogens is 457 g/mol. The van der Waals surface area contributed by atoms with Gasteiger partial charge < -0.3 is 19.5 Å². The molecule has 2 aromatic heterocycles. The number of anilines is 4. The first-order chi connectivity index (χ1) is 17.0. The monoisotopic (exact) mass is 480 g/mol. The van der Waals surface area contributed by atoms with Crippen LogP contribution in [0.3, 0.4) is 0 Å². The fraction of sp³-hybridized carbons (Fsp3) is 0.240. The van der Waals surface area contributed by atoms with E-state index in [0.29, 0.717) is 32.6 Å². The Balaban J connectivity index is 1.38. The molecule has 3 heterocycles. The molecule has 1 aliphatic rings.